The molecule has 2 heterocycles. The number of nitrogens with zero attached hydrogens (tertiary/aromatic N) is 3. The van der Waals surface area contributed by atoms with Crippen molar-refractivity contribution in [2.24, 2.45) is 0 Å². The van der Waals surface area contributed by atoms with Gasteiger partial charge in [-0.3, -0.25) is 14.5 Å². The highest BCUT2D eigenvalue weighted by Gasteiger charge is 2.34. The maximum atomic E-state index is 13.0. The van der Waals surface area contributed by atoms with Gasteiger partial charge in [-0.2, -0.15) is 0 Å². The minimum absolute atomic E-state index is 0.0126. The third kappa shape index (κ3) is 3.67. The van der Waals surface area contributed by atoms with Crippen LogP contribution in [0, 0.1) is 0 Å². The summed E-state index contributed by atoms with van der Waals surface area (Å²) in [6.07, 6.45) is 3.11. The van der Waals surface area contributed by atoms with E-state index in [1.54, 1.807) is 4.90 Å². The normalized spacial score (nSPS) is 21.0. The van der Waals surface area contributed by atoms with Crippen molar-refractivity contribution in [1.82, 2.24) is 9.80 Å². The molecule has 0 spiro atoms. The number of hydrogen-bond acceptors (Lipinski definition) is 3. The zero-order valence-electron chi connectivity index (χ0n) is 16.4. The topological polar surface area (TPSA) is 43.9 Å². The van der Waals surface area contributed by atoms with E-state index >= 15 is 0 Å². The number of piperidine rings is 1. The minimum Gasteiger partial charge on any atom is -0.330 e. The molecule has 0 bridgehead atoms. The molecule has 1 atom stereocenters. The first-order valence-electron chi connectivity index (χ1n) is 10.1. The lowest BCUT2D eigenvalue weighted by molar-refractivity contribution is -0.142. The average Bonchev–Trinajstić information content (AvgIpc) is 2.74. The zero-order chi connectivity index (χ0) is 19.5. The molecule has 0 N–H and O–H groups in total. The molecule has 5 nitrogen and oxygen atoms in total. The van der Waals surface area contributed by atoms with Crippen molar-refractivity contribution in [2.75, 3.05) is 38.1 Å². The number of rotatable bonds is 3. The average molecular weight is 377 g/mol. The van der Waals surface area contributed by atoms with Crippen molar-refractivity contribution in [2.45, 2.75) is 25.3 Å². The Morgan fingerprint density at radius 3 is 2.43 bits per heavy atom. The van der Waals surface area contributed by atoms with Gasteiger partial charge >= 0.3 is 0 Å². The summed E-state index contributed by atoms with van der Waals surface area (Å²) in [6, 6.07) is 18.0. The Morgan fingerprint density at radius 1 is 0.929 bits per heavy atom. The molecule has 1 unspecified atom stereocenters. The Bertz CT molecular complexity index is 852. The number of likely N-dealkylation sites (N-methyl/N-ethyl adjacent to an activating group) is 1. The second-order valence-corrected chi connectivity index (χ2v) is 7.68. The van der Waals surface area contributed by atoms with Crippen LogP contribution in [0.3, 0.4) is 0 Å². The molecule has 146 valence electrons. The first-order valence-corrected chi connectivity index (χ1v) is 10.1. The molecule has 4 rings (SSSR count). The van der Waals surface area contributed by atoms with E-state index in [4.69, 9.17) is 0 Å². The van der Waals surface area contributed by atoms with Crippen molar-refractivity contribution >= 4 is 17.5 Å². The first-order chi connectivity index (χ1) is 13.6. The number of carbonyl (C=O) groups excluding carboxylic acids is 2. The van der Waals surface area contributed by atoms with Crippen LogP contribution in [0.1, 0.15) is 19.3 Å². The fourth-order valence-electron chi connectivity index (χ4n) is 4.28. The van der Waals surface area contributed by atoms with Gasteiger partial charge in [0.05, 0.1) is 11.7 Å². The fraction of sp³-hybridized carbons (Fsp3) is 0.391. The van der Waals surface area contributed by atoms with Crippen LogP contribution in [-0.2, 0) is 9.59 Å². The summed E-state index contributed by atoms with van der Waals surface area (Å²) in [5, 5.41) is 0. The molecule has 0 saturated carbocycles. The highest BCUT2D eigenvalue weighted by molar-refractivity contribution is 6.01. The number of likely N-dealkylation sites (tertiary alicyclic amines) is 1. The third-order valence-corrected chi connectivity index (χ3v) is 5.87. The van der Waals surface area contributed by atoms with Crippen molar-refractivity contribution in [3.63, 3.8) is 0 Å². The molecule has 5 heteroatoms. The lowest BCUT2D eigenvalue weighted by Gasteiger charge is -2.39. The number of amides is 2. The summed E-state index contributed by atoms with van der Waals surface area (Å²) in [5.74, 6) is 0.0907. The molecular formula is C23H27N3O2. The van der Waals surface area contributed by atoms with Gasteiger partial charge in [0.15, 0.2) is 0 Å². The fourth-order valence-corrected chi connectivity index (χ4v) is 4.28. The Kier molecular flexibility index (Phi) is 5.44. The molecule has 0 aromatic heterocycles. The maximum Gasteiger partial charge on any atom is 0.246 e. The molecular weight excluding hydrogens is 350 g/mol. The van der Waals surface area contributed by atoms with E-state index < -0.39 is 0 Å². The number of piperazine rings is 1. The summed E-state index contributed by atoms with van der Waals surface area (Å²) >= 11 is 0. The van der Waals surface area contributed by atoms with Crippen LogP contribution in [-0.4, -0.2) is 60.9 Å². The van der Waals surface area contributed by atoms with Gasteiger partial charge in [0.1, 0.15) is 6.54 Å². The van der Waals surface area contributed by atoms with Crippen molar-refractivity contribution in [1.29, 1.82) is 0 Å². The van der Waals surface area contributed by atoms with Crippen molar-refractivity contribution < 1.29 is 9.59 Å². The molecule has 0 radical (unpaired) electrons. The van der Waals surface area contributed by atoms with Gasteiger partial charge in [0.25, 0.3) is 0 Å². The van der Waals surface area contributed by atoms with E-state index in [-0.39, 0.29) is 24.4 Å². The Morgan fingerprint density at radius 2 is 1.68 bits per heavy atom. The highest BCUT2D eigenvalue weighted by Crippen LogP contribution is 2.31. The molecule has 2 aliphatic heterocycles. The summed E-state index contributed by atoms with van der Waals surface area (Å²) in [6.45, 7) is 2.23. The van der Waals surface area contributed by atoms with Crippen LogP contribution in [0.2, 0.25) is 0 Å². The second kappa shape index (κ2) is 8.15. The summed E-state index contributed by atoms with van der Waals surface area (Å²) in [5.41, 5.74) is 3.05. The predicted octanol–water partition coefficient (Wildman–Crippen LogP) is 3.01. The van der Waals surface area contributed by atoms with Crippen LogP contribution in [0.15, 0.2) is 54.6 Å². The molecule has 2 amide bonds. The molecule has 2 fully saturated rings. The second-order valence-electron chi connectivity index (χ2n) is 7.68. The van der Waals surface area contributed by atoms with Crippen molar-refractivity contribution in [3.05, 3.63) is 54.6 Å². The lowest BCUT2D eigenvalue weighted by atomic mass is 10.0. The quantitative estimate of drug-likeness (QED) is 0.826. The third-order valence-electron chi connectivity index (χ3n) is 5.87. The van der Waals surface area contributed by atoms with Crippen LogP contribution in [0.25, 0.3) is 11.1 Å². The van der Waals surface area contributed by atoms with E-state index in [0.29, 0.717) is 13.1 Å². The molecule has 0 aliphatic carbocycles. The van der Waals surface area contributed by atoms with E-state index in [1.807, 2.05) is 54.4 Å². The number of hydrogen-bond donors (Lipinski definition) is 0. The van der Waals surface area contributed by atoms with E-state index in [0.717, 1.165) is 42.6 Å². The predicted molar refractivity (Wildman–Crippen MR) is 111 cm³/mol. The molecule has 2 aromatic carbocycles. The monoisotopic (exact) mass is 377 g/mol. The Hall–Kier alpha value is -2.66. The van der Waals surface area contributed by atoms with Gasteiger partial charge in [-0.05, 0) is 38.1 Å². The molecule has 2 aliphatic rings. The van der Waals surface area contributed by atoms with Crippen LogP contribution < -0.4 is 4.90 Å². The summed E-state index contributed by atoms with van der Waals surface area (Å²) in [7, 11) is 2.01. The van der Waals surface area contributed by atoms with Crippen molar-refractivity contribution in [3.8, 4) is 11.1 Å². The van der Waals surface area contributed by atoms with Gasteiger partial charge in [-0.15, -0.1) is 0 Å². The van der Waals surface area contributed by atoms with E-state index in [2.05, 4.69) is 17.0 Å². The van der Waals surface area contributed by atoms with Gasteiger partial charge in [0, 0.05) is 18.7 Å². The summed E-state index contributed by atoms with van der Waals surface area (Å²) < 4.78 is 0. The van der Waals surface area contributed by atoms with Crippen LogP contribution in [0.4, 0.5) is 5.69 Å². The molecule has 2 aromatic rings. The number of benzene rings is 2. The number of carbonyl (C=O) groups is 2. The largest absolute Gasteiger partial charge is 0.330 e. The van der Waals surface area contributed by atoms with Gasteiger partial charge in [0.2, 0.25) is 11.8 Å². The standard InChI is InChI=1S/C23H27N3O2/c1-24-14-8-7-13-21(24)23(28)25-15-16-26(22(27)17-25)20-12-6-5-11-19(20)18-9-3-2-4-10-18/h2-6,9-12,21H,7-8,13-17H2,1H3. The summed E-state index contributed by atoms with van der Waals surface area (Å²) in [4.78, 5) is 31.6. The number of anilines is 1. The van der Waals surface area contributed by atoms with Gasteiger partial charge in [-0.1, -0.05) is 55.0 Å². The van der Waals surface area contributed by atoms with Crippen LogP contribution >= 0.6 is 0 Å². The zero-order valence-corrected chi connectivity index (χ0v) is 16.4. The Balaban J connectivity index is 1.51. The lowest BCUT2D eigenvalue weighted by Crippen LogP contribution is -2.57. The Labute approximate surface area is 166 Å². The van der Waals surface area contributed by atoms with E-state index in [9.17, 15) is 9.59 Å². The molecule has 2 saturated heterocycles. The van der Waals surface area contributed by atoms with Gasteiger partial charge in [-0.25, -0.2) is 0 Å². The van der Waals surface area contributed by atoms with Crippen LogP contribution in [0.5, 0.6) is 0 Å². The van der Waals surface area contributed by atoms with E-state index in [1.165, 1.54) is 0 Å². The maximum absolute atomic E-state index is 13.0. The minimum atomic E-state index is -0.0790. The van der Waals surface area contributed by atoms with Gasteiger partial charge < -0.3 is 9.80 Å². The first kappa shape index (κ1) is 18.7. The SMILES string of the molecule is CN1CCCCC1C(=O)N1CCN(c2ccccc2-c2ccccc2)C(=O)C1. The smallest absolute Gasteiger partial charge is 0.246 e. The number of para-hydroxylation sites is 1. The molecule has 28 heavy (non-hydrogen) atoms. The highest BCUT2D eigenvalue weighted by atomic mass is 16.2.